The molecule has 5 aromatic carbocycles. The number of aliphatic imine (C=N–C) groups is 1. The molecule has 0 saturated heterocycles. The number of benzene rings is 5. The van der Waals surface area contributed by atoms with E-state index < -0.39 is 0 Å². The number of fused-ring (bicyclic) bond motifs is 2. The van der Waals surface area contributed by atoms with Crippen LogP contribution in [-0.4, -0.2) is 13.3 Å². The fraction of sp³-hybridized carbons (Fsp3) is 0.140. The molecule has 5 aromatic rings. The van der Waals surface area contributed by atoms with Gasteiger partial charge in [-0.25, -0.2) is 0 Å². The van der Waals surface area contributed by atoms with Crippen molar-refractivity contribution >= 4 is 52.3 Å². The van der Waals surface area contributed by atoms with Crippen LogP contribution in [0.3, 0.4) is 0 Å². The van der Waals surface area contributed by atoms with E-state index in [-0.39, 0.29) is 0 Å². The Kier molecular flexibility index (Phi) is 9.75. The normalized spacial score (nSPS) is 12.5. The van der Waals surface area contributed by atoms with Crippen molar-refractivity contribution in [3.8, 4) is 22.3 Å². The van der Waals surface area contributed by atoms with Crippen molar-refractivity contribution < 1.29 is 0 Å². The van der Waals surface area contributed by atoms with Crippen LogP contribution in [0.2, 0.25) is 0 Å². The van der Waals surface area contributed by atoms with Crippen LogP contribution in [0.1, 0.15) is 34.1 Å². The topological polar surface area (TPSA) is 15.6 Å². The van der Waals surface area contributed by atoms with Crippen LogP contribution >= 0.6 is 0 Å². The number of hydrogen-bond donors (Lipinski definition) is 0. The molecule has 0 radical (unpaired) electrons. The van der Waals surface area contributed by atoms with E-state index in [0.29, 0.717) is 6.54 Å². The van der Waals surface area contributed by atoms with E-state index in [1.165, 1.54) is 21.5 Å². The van der Waals surface area contributed by atoms with Crippen LogP contribution in [0.5, 0.6) is 0 Å². The van der Waals surface area contributed by atoms with Gasteiger partial charge in [0.15, 0.2) is 0 Å². The highest BCUT2D eigenvalue weighted by molar-refractivity contribution is 6.01. The summed E-state index contributed by atoms with van der Waals surface area (Å²) in [5, 5.41) is 6.71. The first-order valence-electron chi connectivity index (χ1n) is 15.6. The quantitative estimate of drug-likeness (QED) is 0.0903. The van der Waals surface area contributed by atoms with Gasteiger partial charge in [-0.2, -0.15) is 0 Å². The van der Waals surface area contributed by atoms with Crippen LogP contribution in [0.15, 0.2) is 138 Å². The summed E-state index contributed by atoms with van der Waals surface area (Å²) in [6, 6.07) is 30.2. The fourth-order valence-electron chi connectivity index (χ4n) is 5.96. The molecule has 2 heteroatoms. The SMILES string of the molecule is C=Nc1c(N(CC(=C)C)/C(C)=C/C=C\CC)c(-c2ccc3ccccc3c2)c(=C)/c(=C\C=C/C)c1-c1ccc2ccccc2c1. The molecule has 0 heterocycles. The van der Waals surface area contributed by atoms with Crippen molar-refractivity contribution in [1.29, 1.82) is 0 Å². The Morgan fingerprint density at radius 1 is 0.800 bits per heavy atom. The molecule has 0 aliphatic rings. The molecule has 0 aliphatic carbocycles. The van der Waals surface area contributed by atoms with E-state index in [1.54, 1.807) is 0 Å². The zero-order valence-electron chi connectivity index (χ0n) is 27.0. The molecule has 0 spiro atoms. The standard InChI is InChI=1S/C43H42N2/c1-8-10-12-17-31(5)45(29-30(3)4)43-40(37-25-23-33-18-13-15-20-35(33)27-37)32(6)39(22-11-9-2)41(42(43)44-7)38-26-24-34-19-14-16-21-36(34)28-38/h9-28H,3,6-8,29H2,1-2,4-5H3/b11-9-,12-10-,31-17+,39-22+. The predicted octanol–water partition coefficient (Wildman–Crippen LogP) is 10.7. The summed E-state index contributed by atoms with van der Waals surface area (Å²) < 4.78 is 0. The summed E-state index contributed by atoms with van der Waals surface area (Å²) >= 11 is 0. The lowest BCUT2D eigenvalue weighted by molar-refractivity contribution is 0.969. The molecular weight excluding hydrogens is 544 g/mol. The maximum Gasteiger partial charge on any atom is 0.0950 e. The second kappa shape index (κ2) is 14.1. The Balaban J connectivity index is 1.99. The van der Waals surface area contributed by atoms with E-state index in [4.69, 9.17) is 11.6 Å². The average molecular weight is 587 g/mol. The first-order chi connectivity index (χ1) is 21.9. The Bertz CT molecular complexity index is 2110. The summed E-state index contributed by atoms with van der Waals surface area (Å²) in [6.45, 7) is 22.3. The maximum absolute atomic E-state index is 4.85. The maximum atomic E-state index is 4.85. The molecule has 2 nitrogen and oxygen atoms in total. The van der Waals surface area contributed by atoms with Crippen molar-refractivity contribution in [3.05, 3.63) is 144 Å². The van der Waals surface area contributed by atoms with Crippen molar-refractivity contribution in [2.75, 3.05) is 11.4 Å². The molecular formula is C43H42N2. The third kappa shape index (κ3) is 6.51. The molecule has 0 N–H and O–H groups in total. The van der Waals surface area contributed by atoms with Crippen molar-refractivity contribution in [3.63, 3.8) is 0 Å². The van der Waals surface area contributed by atoms with Crippen molar-refractivity contribution in [1.82, 2.24) is 0 Å². The van der Waals surface area contributed by atoms with Crippen LogP contribution < -0.4 is 15.3 Å². The van der Waals surface area contributed by atoms with E-state index >= 15 is 0 Å². The Morgan fingerprint density at radius 3 is 1.91 bits per heavy atom. The molecule has 0 aliphatic heterocycles. The Labute approximate surface area is 268 Å². The minimum atomic E-state index is 0.625. The van der Waals surface area contributed by atoms with Gasteiger partial charge in [-0.15, -0.1) is 0 Å². The predicted molar refractivity (Wildman–Crippen MR) is 201 cm³/mol. The minimum Gasteiger partial charge on any atom is -0.339 e. The summed E-state index contributed by atoms with van der Waals surface area (Å²) in [7, 11) is 0. The van der Waals surface area contributed by atoms with E-state index in [2.05, 4.69) is 160 Å². The van der Waals surface area contributed by atoms with Crippen LogP contribution in [0, 0.1) is 0 Å². The molecule has 0 unspecified atom stereocenters. The van der Waals surface area contributed by atoms with Gasteiger partial charge < -0.3 is 4.90 Å². The molecule has 45 heavy (non-hydrogen) atoms. The number of hydrogen-bond acceptors (Lipinski definition) is 2. The lowest BCUT2D eigenvalue weighted by atomic mass is 9.89. The second-order valence-electron chi connectivity index (χ2n) is 11.5. The van der Waals surface area contributed by atoms with Gasteiger partial charge in [-0.1, -0.05) is 129 Å². The first-order valence-corrected chi connectivity index (χ1v) is 15.6. The first kappa shape index (κ1) is 31.2. The van der Waals surface area contributed by atoms with Crippen molar-refractivity contribution in [2.45, 2.75) is 34.1 Å². The molecule has 224 valence electrons. The summed E-state index contributed by atoms with van der Waals surface area (Å²) in [6.07, 6.45) is 13.7. The summed E-state index contributed by atoms with van der Waals surface area (Å²) in [5.74, 6) is 0. The molecule has 0 amide bonds. The summed E-state index contributed by atoms with van der Waals surface area (Å²) in [5.41, 5.74) is 8.15. The second-order valence-corrected chi connectivity index (χ2v) is 11.5. The highest BCUT2D eigenvalue weighted by Gasteiger charge is 2.25. The average Bonchev–Trinajstić information content (AvgIpc) is 3.05. The fourth-order valence-corrected chi connectivity index (χ4v) is 5.96. The zero-order chi connectivity index (χ0) is 31.9. The monoisotopic (exact) mass is 586 g/mol. The molecule has 0 saturated carbocycles. The summed E-state index contributed by atoms with van der Waals surface area (Å²) in [4.78, 5) is 7.18. The van der Waals surface area contributed by atoms with Gasteiger partial charge in [0.1, 0.15) is 0 Å². The van der Waals surface area contributed by atoms with Gasteiger partial charge in [0.05, 0.1) is 11.4 Å². The van der Waals surface area contributed by atoms with Crippen molar-refractivity contribution in [2.24, 2.45) is 4.99 Å². The molecule has 5 rings (SSSR count). The Hall–Kier alpha value is -5.21. The number of rotatable bonds is 10. The third-order valence-electron chi connectivity index (χ3n) is 8.12. The molecule has 0 bridgehead atoms. The van der Waals surface area contributed by atoms with E-state index in [1.807, 2.05) is 6.92 Å². The van der Waals surface area contributed by atoms with Gasteiger partial charge in [0.2, 0.25) is 0 Å². The largest absolute Gasteiger partial charge is 0.339 e. The van der Waals surface area contributed by atoms with Gasteiger partial charge in [0, 0.05) is 23.4 Å². The lowest BCUT2D eigenvalue weighted by Gasteiger charge is -2.31. The highest BCUT2D eigenvalue weighted by atomic mass is 15.2. The van der Waals surface area contributed by atoms with Crippen LogP contribution in [-0.2, 0) is 0 Å². The third-order valence-corrected chi connectivity index (χ3v) is 8.12. The van der Waals surface area contributed by atoms with Gasteiger partial charge in [-0.3, -0.25) is 4.99 Å². The van der Waals surface area contributed by atoms with Gasteiger partial charge in [0.25, 0.3) is 0 Å². The van der Waals surface area contributed by atoms with Gasteiger partial charge >= 0.3 is 0 Å². The molecule has 0 atom stereocenters. The zero-order valence-corrected chi connectivity index (χ0v) is 27.0. The number of anilines is 1. The minimum absolute atomic E-state index is 0.625. The highest BCUT2D eigenvalue weighted by Crippen LogP contribution is 2.44. The van der Waals surface area contributed by atoms with Gasteiger partial charge in [-0.05, 0) is 95.2 Å². The number of allylic oxidation sites excluding steroid dienone is 6. The van der Waals surface area contributed by atoms with E-state index in [9.17, 15) is 0 Å². The Morgan fingerprint density at radius 2 is 1.38 bits per heavy atom. The smallest absolute Gasteiger partial charge is 0.0950 e. The van der Waals surface area contributed by atoms with E-state index in [0.717, 1.165) is 61.8 Å². The molecule has 0 fully saturated rings. The number of nitrogens with zero attached hydrogens (tertiary/aromatic N) is 2. The lowest BCUT2D eigenvalue weighted by Crippen LogP contribution is -2.33. The molecule has 0 aromatic heterocycles. The van der Waals surface area contributed by atoms with Crippen LogP contribution in [0.25, 0.3) is 56.5 Å². The van der Waals surface area contributed by atoms with Crippen LogP contribution in [0.4, 0.5) is 11.4 Å².